The zero-order chi connectivity index (χ0) is 18.1. The molecule has 3 aromatic rings. The molecule has 1 aromatic heterocycles. The van der Waals surface area contributed by atoms with Crippen LogP contribution in [0.1, 0.15) is 17.0 Å². The summed E-state index contributed by atoms with van der Waals surface area (Å²) in [6, 6.07) is 19.6. The van der Waals surface area contributed by atoms with Crippen molar-refractivity contribution in [3.8, 4) is 0 Å². The highest BCUT2D eigenvalue weighted by molar-refractivity contribution is 5.95. The number of benzene rings is 2. The quantitative estimate of drug-likeness (QED) is 0.782. The molecule has 2 N–H and O–H groups in total. The first-order valence-electron chi connectivity index (χ1n) is 8.43. The molecule has 5 nitrogen and oxygen atoms in total. The fraction of sp³-hybridized carbons (Fsp3) is 0.143. The van der Waals surface area contributed by atoms with E-state index in [4.69, 9.17) is 5.73 Å². The Hall–Kier alpha value is -3.18. The highest BCUT2D eigenvalue weighted by Gasteiger charge is 2.36. The van der Waals surface area contributed by atoms with Gasteiger partial charge in [0.15, 0.2) is 5.78 Å². The SMILES string of the molecule is Cc1cccc(C2=CC(N)(C(=O)Cc3ccc4ccccc4c3)N=N2)n1. The smallest absolute Gasteiger partial charge is 0.209 e. The molecule has 2 heterocycles. The van der Waals surface area contributed by atoms with E-state index in [-0.39, 0.29) is 12.2 Å². The minimum atomic E-state index is -1.44. The van der Waals surface area contributed by atoms with Gasteiger partial charge in [0.25, 0.3) is 0 Å². The summed E-state index contributed by atoms with van der Waals surface area (Å²) in [7, 11) is 0. The highest BCUT2D eigenvalue weighted by Crippen LogP contribution is 2.28. The first-order chi connectivity index (χ1) is 12.5. The fourth-order valence-corrected chi connectivity index (χ4v) is 3.03. The maximum atomic E-state index is 12.8. The van der Waals surface area contributed by atoms with Crippen molar-refractivity contribution in [3.63, 3.8) is 0 Å². The lowest BCUT2D eigenvalue weighted by Crippen LogP contribution is -2.43. The number of nitrogens with two attached hydrogens (primary N) is 1. The summed E-state index contributed by atoms with van der Waals surface area (Å²) < 4.78 is 0. The lowest BCUT2D eigenvalue weighted by molar-refractivity contribution is -0.121. The normalized spacial score (nSPS) is 18.9. The summed E-state index contributed by atoms with van der Waals surface area (Å²) in [6.07, 6.45) is 1.80. The van der Waals surface area contributed by atoms with Crippen LogP contribution in [-0.2, 0) is 11.2 Å². The monoisotopic (exact) mass is 342 g/mol. The number of Topliss-reactive ketones (excluding diaryl/α,β-unsaturated/α-hetero) is 1. The molecule has 0 radical (unpaired) electrons. The van der Waals surface area contributed by atoms with Gasteiger partial charge in [0.05, 0.1) is 5.69 Å². The Balaban J connectivity index is 1.58. The molecular formula is C21H18N4O. The number of rotatable bonds is 4. The number of carbonyl (C=O) groups is 1. The second kappa shape index (κ2) is 6.28. The molecule has 0 aliphatic carbocycles. The molecule has 0 saturated heterocycles. The van der Waals surface area contributed by atoms with Gasteiger partial charge in [-0.05, 0) is 41.5 Å². The molecule has 4 rings (SSSR count). The maximum absolute atomic E-state index is 12.8. The van der Waals surface area contributed by atoms with E-state index in [1.165, 1.54) is 0 Å². The molecule has 0 spiro atoms. The third-order valence-electron chi connectivity index (χ3n) is 4.46. The van der Waals surface area contributed by atoms with Crippen LogP contribution in [-0.4, -0.2) is 16.4 Å². The van der Waals surface area contributed by atoms with Gasteiger partial charge in [0, 0.05) is 12.1 Å². The number of hydrogen-bond acceptors (Lipinski definition) is 5. The van der Waals surface area contributed by atoms with Crippen LogP contribution in [0.15, 0.2) is 77.0 Å². The zero-order valence-electron chi connectivity index (χ0n) is 14.4. The van der Waals surface area contributed by atoms with E-state index in [1.807, 2.05) is 67.6 Å². The van der Waals surface area contributed by atoms with Gasteiger partial charge >= 0.3 is 0 Å². The molecule has 2 aromatic carbocycles. The van der Waals surface area contributed by atoms with Crippen LogP contribution in [0.3, 0.4) is 0 Å². The van der Waals surface area contributed by atoms with Crippen LogP contribution in [0.2, 0.25) is 0 Å². The van der Waals surface area contributed by atoms with Gasteiger partial charge in [-0.3, -0.25) is 15.5 Å². The number of azo groups is 1. The number of aryl methyl sites for hydroxylation is 1. The number of aromatic nitrogens is 1. The van der Waals surface area contributed by atoms with Crippen LogP contribution >= 0.6 is 0 Å². The predicted octanol–water partition coefficient (Wildman–Crippen LogP) is 3.82. The van der Waals surface area contributed by atoms with Gasteiger partial charge in [-0.25, -0.2) is 0 Å². The Kier molecular flexibility index (Phi) is 3.93. The molecule has 0 bridgehead atoms. The Labute approximate surface area is 151 Å². The number of nitrogens with zero attached hydrogens (tertiary/aromatic N) is 3. The highest BCUT2D eigenvalue weighted by atomic mass is 16.1. The molecule has 1 unspecified atom stereocenters. The van der Waals surface area contributed by atoms with E-state index in [9.17, 15) is 4.79 Å². The Morgan fingerprint density at radius 3 is 2.65 bits per heavy atom. The average molecular weight is 342 g/mol. The standard InChI is InChI=1S/C21H18N4O/c1-14-5-4-8-18(23-14)19-13-21(22,25-24-19)20(26)12-15-9-10-16-6-2-3-7-17(16)11-15/h2-11,13H,12,22H2,1H3. The van der Waals surface area contributed by atoms with Crippen molar-refractivity contribution in [1.82, 2.24) is 4.98 Å². The van der Waals surface area contributed by atoms with Crippen LogP contribution in [0.4, 0.5) is 0 Å². The summed E-state index contributed by atoms with van der Waals surface area (Å²) in [5.74, 6) is -0.195. The van der Waals surface area contributed by atoms with Gasteiger partial charge in [0.2, 0.25) is 5.66 Å². The van der Waals surface area contributed by atoms with E-state index in [0.29, 0.717) is 11.4 Å². The molecule has 0 saturated carbocycles. The van der Waals surface area contributed by atoms with Gasteiger partial charge in [-0.15, -0.1) is 0 Å². The molecule has 0 fully saturated rings. The topological polar surface area (TPSA) is 80.7 Å². The van der Waals surface area contributed by atoms with Crippen LogP contribution in [0, 0.1) is 6.92 Å². The minimum absolute atomic E-state index is 0.195. The molecule has 1 aliphatic heterocycles. The lowest BCUT2D eigenvalue weighted by Gasteiger charge is -2.15. The average Bonchev–Trinajstić information content (AvgIpc) is 3.05. The van der Waals surface area contributed by atoms with E-state index < -0.39 is 5.66 Å². The molecule has 1 aliphatic rings. The van der Waals surface area contributed by atoms with E-state index in [0.717, 1.165) is 22.0 Å². The predicted molar refractivity (Wildman–Crippen MR) is 101 cm³/mol. The number of carbonyl (C=O) groups excluding carboxylic acids is 1. The summed E-state index contributed by atoms with van der Waals surface area (Å²) in [5, 5.41) is 10.4. The van der Waals surface area contributed by atoms with Crippen molar-refractivity contribution in [2.45, 2.75) is 19.0 Å². The van der Waals surface area contributed by atoms with Crippen molar-refractivity contribution >= 4 is 22.3 Å². The summed E-state index contributed by atoms with van der Waals surface area (Å²) >= 11 is 0. The van der Waals surface area contributed by atoms with Crippen LogP contribution < -0.4 is 5.73 Å². The van der Waals surface area contributed by atoms with Crippen molar-refractivity contribution in [3.05, 3.63) is 83.7 Å². The molecule has 26 heavy (non-hydrogen) atoms. The number of pyridine rings is 1. The first kappa shape index (κ1) is 16.3. The second-order valence-electron chi connectivity index (χ2n) is 6.50. The van der Waals surface area contributed by atoms with E-state index in [2.05, 4.69) is 15.2 Å². The first-order valence-corrected chi connectivity index (χ1v) is 8.43. The van der Waals surface area contributed by atoms with Gasteiger partial charge < -0.3 is 0 Å². The fourth-order valence-electron chi connectivity index (χ4n) is 3.03. The van der Waals surface area contributed by atoms with E-state index >= 15 is 0 Å². The van der Waals surface area contributed by atoms with Crippen LogP contribution in [0.5, 0.6) is 0 Å². The molecular weight excluding hydrogens is 324 g/mol. The Bertz CT molecular complexity index is 1070. The largest absolute Gasteiger partial charge is 0.296 e. The maximum Gasteiger partial charge on any atom is 0.209 e. The molecule has 0 amide bonds. The van der Waals surface area contributed by atoms with Gasteiger partial charge in [-0.1, -0.05) is 48.5 Å². The van der Waals surface area contributed by atoms with Crippen LogP contribution in [0.25, 0.3) is 16.5 Å². The lowest BCUT2D eigenvalue weighted by atomic mass is 9.97. The number of fused-ring (bicyclic) bond motifs is 1. The van der Waals surface area contributed by atoms with Crippen molar-refractivity contribution in [1.29, 1.82) is 0 Å². The number of hydrogen-bond donors (Lipinski definition) is 1. The Morgan fingerprint density at radius 1 is 1.04 bits per heavy atom. The summed E-state index contributed by atoms with van der Waals surface area (Å²) in [4.78, 5) is 17.2. The van der Waals surface area contributed by atoms with E-state index in [1.54, 1.807) is 6.08 Å². The third-order valence-corrected chi connectivity index (χ3v) is 4.46. The van der Waals surface area contributed by atoms with Crippen molar-refractivity contribution in [2.24, 2.45) is 16.0 Å². The Morgan fingerprint density at radius 2 is 1.85 bits per heavy atom. The van der Waals surface area contributed by atoms with Crippen molar-refractivity contribution in [2.75, 3.05) is 0 Å². The molecule has 1 atom stereocenters. The summed E-state index contributed by atoms with van der Waals surface area (Å²) in [6.45, 7) is 1.90. The molecule has 128 valence electrons. The third kappa shape index (κ3) is 3.05. The van der Waals surface area contributed by atoms with Gasteiger partial charge in [0.1, 0.15) is 5.70 Å². The van der Waals surface area contributed by atoms with Crippen molar-refractivity contribution < 1.29 is 4.79 Å². The minimum Gasteiger partial charge on any atom is -0.296 e. The molecule has 5 heteroatoms. The number of ketones is 1. The summed E-state index contributed by atoms with van der Waals surface area (Å²) in [5.41, 5.74) is 7.75. The van der Waals surface area contributed by atoms with Gasteiger partial charge in [-0.2, -0.15) is 10.2 Å². The zero-order valence-corrected chi connectivity index (χ0v) is 14.4. The second-order valence-corrected chi connectivity index (χ2v) is 6.50.